The molecule has 7 nitrogen and oxygen atoms in total. The second-order valence-electron chi connectivity index (χ2n) is 5.55. The first-order valence-electron chi connectivity index (χ1n) is 8.07. The van der Waals surface area contributed by atoms with Gasteiger partial charge in [-0.15, -0.1) is 0 Å². The third-order valence-corrected chi connectivity index (χ3v) is 4.91. The van der Waals surface area contributed by atoms with Crippen molar-refractivity contribution in [3.8, 4) is 0 Å². The molecule has 0 aliphatic rings. The molecule has 142 valence electrons. The van der Waals surface area contributed by atoms with Crippen molar-refractivity contribution in [2.75, 3.05) is 10.0 Å². The van der Waals surface area contributed by atoms with Crippen LogP contribution in [0.2, 0.25) is 0 Å². The van der Waals surface area contributed by atoms with Crippen LogP contribution in [0.15, 0.2) is 84.2 Å². The number of anilines is 2. The molecule has 3 aromatic rings. The molecule has 0 aliphatic carbocycles. The van der Waals surface area contributed by atoms with Gasteiger partial charge in [0.05, 0.1) is 4.90 Å². The second-order valence-corrected chi connectivity index (χ2v) is 7.23. The molecule has 2 N–H and O–H groups in total. The molecule has 1 aromatic heterocycles. The van der Waals surface area contributed by atoms with Crippen LogP contribution in [-0.4, -0.2) is 24.2 Å². The maximum absolute atomic E-state index is 12.9. The molecule has 0 atom stereocenters. The largest absolute Gasteiger partial charge is 0.362 e. The monoisotopic (exact) mass is 398 g/mol. The van der Waals surface area contributed by atoms with Crippen LogP contribution >= 0.6 is 0 Å². The number of allylic oxidation sites excluding steroid dienone is 1. The van der Waals surface area contributed by atoms with E-state index in [-0.39, 0.29) is 16.6 Å². The van der Waals surface area contributed by atoms with Gasteiger partial charge >= 0.3 is 0 Å². The number of nitrogens with zero attached hydrogens (tertiary/aromatic N) is 2. The molecule has 0 radical (unpaired) electrons. The fourth-order valence-corrected chi connectivity index (χ4v) is 3.14. The van der Waals surface area contributed by atoms with Crippen LogP contribution in [0.3, 0.4) is 0 Å². The first-order chi connectivity index (χ1) is 13.4. The normalized spacial score (nSPS) is 11.3. The first-order valence-corrected chi connectivity index (χ1v) is 9.55. The lowest BCUT2D eigenvalue weighted by Gasteiger charge is -2.07. The highest BCUT2D eigenvalue weighted by Crippen LogP contribution is 2.16. The summed E-state index contributed by atoms with van der Waals surface area (Å²) in [6.07, 6.45) is 5.58. The summed E-state index contributed by atoms with van der Waals surface area (Å²) in [6.45, 7) is 0. The zero-order chi connectivity index (χ0) is 20.0. The van der Waals surface area contributed by atoms with Crippen molar-refractivity contribution in [2.45, 2.75) is 4.90 Å². The molecule has 28 heavy (non-hydrogen) atoms. The second kappa shape index (κ2) is 8.40. The SMILES string of the molecule is O=C(/C=C/Nc1ccc(S(=O)(=O)Nc2ncccn2)cc1)c1ccc(F)cc1. The highest BCUT2D eigenvalue weighted by atomic mass is 32.2. The zero-order valence-electron chi connectivity index (χ0n) is 14.4. The molecule has 0 saturated heterocycles. The van der Waals surface area contributed by atoms with Gasteiger partial charge in [-0.25, -0.2) is 27.5 Å². The number of rotatable bonds is 7. The van der Waals surface area contributed by atoms with Gasteiger partial charge < -0.3 is 5.32 Å². The molecule has 0 unspecified atom stereocenters. The van der Waals surface area contributed by atoms with Gasteiger partial charge in [0.2, 0.25) is 5.95 Å². The van der Waals surface area contributed by atoms with E-state index in [1.807, 2.05) is 0 Å². The van der Waals surface area contributed by atoms with Crippen LogP contribution < -0.4 is 10.0 Å². The van der Waals surface area contributed by atoms with Crippen LogP contribution in [0.5, 0.6) is 0 Å². The summed E-state index contributed by atoms with van der Waals surface area (Å²) in [5.74, 6) is -0.729. The third kappa shape index (κ3) is 4.98. The van der Waals surface area contributed by atoms with E-state index >= 15 is 0 Å². The molecule has 0 saturated carbocycles. The number of aromatic nitrogens is 2. The maximum atomic E-state index is 12.9. The number of hydrogen-bond acceptors (Lipinski definition) is 6. The van der Waals surface area contributed by atoms with E-state index in [4.69, 9.17) is 0 Å². The number of carbonyl (C=O) groups is 1. The number of nitrogens with one attached hydrogen (secondary N) is 2. The summed E-state index contributed by atoms with van der Waals surface area (Å²) >= 11 is 0. The van der Waals surface area contributed by atoms with Crippen molar-refractivity contribution in [1.29, 1.82) is 0 Å². The minimum atomic E-state index is -3.81. The van der Waals surface area contributed by atoms with E-state index in [9.17, 15) is 17.6 Å². The predicted octanol–water partition coefficient (Wildman–Crippen LogP) is 3.23. The van der Waals surface area contributed by atoms with Gasteiger partial charge in [-0.2, -0.15) is 0 Å². The Morgan fingerprint density at radius 2 is 1.61 bits per heavy atom. The Balaban J connectivity index is 1.62. The highest BCUT2D eigenvalue weighted by molar-refractivity contribution is 7.92. The van der Waals surface area contributed by atoms with Crippen LogP contribution in [0, 0.1) is 5.82 Å². The Morgan fingerprint density at radius 3 is 2.25 bits per heavy atom. The summed E-state index contributed by atoms with van der Waals surface area (Å²) < 4.78 is 39.7. The van der Waals surface area contributed by atoms with Crippen LogP contribution in [-0.2, 0) is 10.0 Å². The molecular weight excluding hydrogens is 383 g/mol. The number of halogens is 1. The van der Waals surface area contributed by atoms with Crippen LogP contribution in [0.4, 0.5) is 16.0 Å². The van der Waals surface area contributed by atoms with Crippen molar-refractivity contribution in [3.63, 3.8) is 0 Å². The summed E-state index contributed by atoms with van der Waals surface area (Å²) in [7, 11) is -3.81. The standard InChI is InChI=1S/C19H15FN4O3S/c20-15-4-2-14(3-5-15)18(25)10-13-21-16-6-8-17(9-7-16)28(26,27)24-19-22-11-1-12-23-19/h1-13,21H,(H,22,23,24)/b13-10+. The summed E-state index contributed by atoms with van der Waals surface area (Å²) in [5, 5.41) is 2.87. The van der Waals surface area contributed by atoms with E-state index in [1.165, 1.54) is 61.1 Å². The Hall–Kier alpha value is -3.59. The van der Waals surface area contributed by atoms with Gasteiger partial charge in [0, 0.05) is 35.9 Å². The minimum Gasteiger partial charge on any atom is -0.362 e. The Kier molecular flexibility index (Phi) is 5.75. The summed E-state index contributed by atoms with van der Waals surface area (Å²) in [4.78, 5) is 19.6. The lowest BCUT2D eigenvalue weighted by atomic mass is 10.1. The maximum Gasteiger partial charge on any atom is 0.264 e. The van der Waals surface area contributed by atoms with Gasteiger partial charge in [-0.05, 0) is 54.6 Å². The van der Waals surface area contributed by atoms with Gasteiger partial charge in [-0.3, -0.25) is 4.79 Å². The van der Waals surface area contributed by atoms with E-state index in [0.29, 0.717) is 11.3 Å². The number of hydrogen-bond donors (Lipinski definition) is 2. The van der Waals surface area contributed by atoms with Crippen molar-refractivity contribution in [2.24, 2.45) is 0 Å². The van der Waals surface area contributed by atoms with Gasteiger partial charge in [0.1, 0.15) is 5.82 Å². The number of benzene rings is 2. The highest BCUT2D eigenvalue weighted by Gasteiger charge is 2.15. The molecule has 0 amide bonds. The smallest absolute Gasteiger partial charge is 0.264 e. The van der Waals surface area contributed by atoms with Crippen molar-refractivity contribution < 1.29 is 17.6 Å². The summed E-state index contributed by atoms with van der Waals surface area (Å²) in [5.41, 5.74) is 0.938. The van der Waals surface area contributed by atoms with Crippen molar-refractivity contribution >= 4 is 27.4 Å². The van der Waals surface area contributed by atoms with Crippen LogP contribution in [0.25, 0.3) is 0 Å². The molecule has 1 heterocycles. The minimum absolute atomic E-state index is 0.0214. The lowest BCUT2D eigenvalue weighted by molar-refractivity contribution is 0.104. The fraction of sp³-hybridized carbons (Fsp3) is 0. The van der Waals surface area contributed by atoms with Crippen LogP contribution in [0.1, 0.15) is 10.4 Å². The average molecular weight is 398 g/mol. The quantitative estimate of drug-likeness (QED) is 0.468. The fourth-order valence-electron chi connectivity index (χ4n) is 2.19. The summed E-state index contributed by atoms with van der Waals surface area (Å²) in [6, 6.07) is 12.7. The van der Waals surface area contributed by atoms with Gasteiger partial charge in [0.15, 0.2) is 5.78 Å². The lowest BCUT2D eigenvalue weighted by Crippen LogP contribution is -2.14. The molecule has 0 aliphatic heterocycles. The topological polar surface area (TPSA) is 101 Å². The molecule has 0 fully saturated rings. The zero-order valence-corrected chi connectivity index (χ0v) is 15.2. The van der Waals surface area contributed by atoms with Gasteiger partial charge in [0.25, 0.3) is 10.0 Å². The Morgan fingerprint density at radius 1 is 0.964 bits per heavy atom. The Bertz CT molecular complexity index is 1080. The van der Waals surface area contributed by atoms with E-state index in [2.05, 4.69) is 20.0 Å². The van der Waals surface area contributed by atoms with Crippen molar-refractivity contribution in [3.05, 3.63) is 90.6 Å². The molecule has 0 bridgehead atoms. The number of carbonyl (C=O) groups excluding carboxylic acids is 1. The third-order valence-electron chi connectivity index (χ3n) is 3.57. The van der Waals surface area contributed by atoms with E-state index < -0.39 is 15.8 Å². The molecular formula is C19H15FN4O3S. The first kappa shape index (κ1) is 19.2. The van der Waals surface area contributed by atoms with E-state index in [1.54, 1.807) is 18.2 Å². The van der Waals surface area contributed by atoms with E-state index in [0.717, 1.165) is 0 Å². The number of ketones is 1. The predicted molar refractivity (Wildman–Crippen MR) is 103 cm³/mol. The molecule has 2 aromatic carbocycles. The molecule has 9 heteroatoms. The Labute approximate surface area is 161 Å². The molecule has 3 rings (SSSR count). The number of sulfonamides is 1. The average Bonchev–Trinajstić information content (AvgIpc) is 2.69. The van der Waals surface area contributed by atoms with Crippen molar-refractivity contribution in [1.82, 2.24) is 9.97 Å². The molecule has 0 spiro atoms. The van der Waals surface area contributed by atoms with Gasteiger partial charge in [-0.1, -0.05) is 0 Å².